The molecule has 0 bridgehead atoms. The summed E-state index contributed by atoms with van der Waals surface area (Å²) in [6.07, 6.45) is 0.700. The maximum absolute atomic E-state index is 12.3. The van der Waals surface area contributed by atoms with Crippen LogP contribution < -0.4 is 15.4 Å². The molecule has 0 aromatic heterocycles. The zero-order valence-corrected chi connectivity index (χ0v) is 17.0. The molecule has 2 aromatic carbocycles. The lowest BCUT2D eigenvalue weighted by atomic mass is 10.1. The smallest absolute Gasteiger partial charge is 0.191 e. The Balaban J connectivity index is 1.79. The number of methoxy groups -OCH3 is 1. The van der Waals surface area contributed by atoms with Crippen LogP contribution >= 0.6 is 11.6 Å². The summed E-state index contributed by atoms with van der Waals surface area (Å²) in [5, 5.41) is 6.82. The average molecular weight is 410 g/mol. The molecule has 6 nitrogen and oxygen atoms in total. The minimum absolute atomic E-state index is 0.0119. The highest BCUT2D eigenvalue weighted by Crippen LogP contribution is 2.22. The SMILES string of the molecule is CN=C(NCCc1ccc(OC)cc1Cl)NCCS(=O)(=O)c1ccccc1. The molecule has 0 aliphatic carbocycles. The highest BCUT2D eigenvalue weighted by Gasteiger charge is 2.13. The molecule has 0 unspecified atom stereocenters. The number of aliphatic imine (C=N–C) groups is 1. The molecule has 146 valence electrons. The van der Waals surface area contributed by atoms with E-state index in [0.29, 0.717) is 34.6 Å². The standard InChI is InChI=1S/C19H24ClN3O3S/c1-21-19(22-11-10-15-8-9-16(26-2)14-18(15)20)23-12-13-27(24,25)17-6-4-3-5-7-17/h3-9,14H,10-13H2,1-2H3,(H2,21,22,23). The van der Waals surface area contributed by atoms with Crippen molar-refractivity contribution in [3.63, 3.8) is 0 Å². The molecular weight excluding hydrogens is 386 g/mol. The van der Waals surface area contributed by atoms with E-state index < -0.39 is 9.84 Å². The number of guanidine groups is 1. The van der Waals surface area contributed by atoms with Crippen LogP contribution in [0.2, 0.25) is 5.02 Å². The summed E-state index contributed by atoms with van der Waals surface area (Å²) in [6.45, 7) is 0.872. The second-order valence-electron chi connectivity index (χ2n) is 5.77. The van der Waals surface area contributed by atoms with Gasteiger partial charge in [-0.25, -0.2) is 8.42 Å². The number of hydrogen-bond acceptors (Lipinski definition) is 4. The summed E-state index contributed by atoms with van der Waals surface area (Å²) in [4.78, 5) is 4.43. The molecule has 0 amide bonds. The first-order valence-electron chi connectivity index (χ1n) is 8.51. The Labute approximate surface area is 165 Å². The zero-order chi connectivity index (χ0) is 19.7. The Morgan fingerprint density at radius 1 is 1.11 bits per heavy atom. The van der Waals surface area contributed by atoms with E-state index in [2.05, 4.69) is 15.6 Å². The minimum atomic E-state index is -3.31. The fraction of sp³-hybridized carbons (Fsp3) is 0.316. The Morgan fingerprint density at radius 2 is 1.81 bits per heavy atom. The lowest BCUT2D eigenvalue weighted by Gasteiger charge is -2.13. The molecule has 0 radical (unpaired) electrons. The van der Waals surface area contributed by atoms with Crippen molar-refractivity contribution >= 4 is 27.4 Å². The fourth-order valence-corrected chi connectivity index (χ4v) is 3.89. The van der Waals surface area contributed by atoms with E-state index in [1.165, 1.54) is 0 Å². The average Bonchev–Trinajstić information content (AvgIpc) is 2.68. The van der Waals surface area contributed by atoms with E-state index in [9.17, 15) is 8.42 Å². The zero-order valence-electron chi connectivity index (χ0n) is 15.4. The van der Waals surface area contributed by atoms with Crippen molar-refractivity contribution in [3.8, 4) is 5.75 Å². The van der Waals surface area contributed by atoms with E-state index in [4.69, 9.17) is 16.3 Å². The van der Waals surface area contributed by atoms with E-state index in [0.717, 1.165) is 5.56 Å². The molecule has 0 saturated carbocycles. The van der Waals surface area contributed by atoms with Crippen molar-refractivity contribution in [1.82, 2.24) is 10.6 Å². The molecule has 0 spiro atoms. The first-order valence-corrected chi connectivity index (χ1v) is 10.5. The number of hydrogen-bond donors (Lipinski definition) is 2. The molecule has 2 aromatic rings. The summed E-state index contributed by atoms with van der Waals surface area (Å²) in [7, 11) is -0.0765. The number of ether oxygens (including phenoxy) is 1. The molecule has 0 fully saturated rings. The van der Waals surface area contributed by atoms with Crippen LogP contribution in [0.3, 0.4) is 0 Å². The van der Waals surface area contributed by atoms with Gasteiger partial charge in [0.15, 0.2) is 15.8 Å². The van der Waals surface area contributed by atoms with Crippen molar-refractivity contribution < 1.29 is 13.2 Å². The summed E-state index contributed by atoms with van der Waals surface area (Å²) < 4.78 is 29.7. The normalized spacial score (nSPS) is 11.9. The van der Waals surface area contributed by atoms with Crippen LogP contribution in [-0.4, -0.2) is 47.4 Å². The molecule has 27 heavy (non-hydrogen) atoms. The molecule has 0 atom stereocenters. The van der Waals surface area contributed by atoms with E-state index in [1.54, 1.807) is 50.6 Å². The van der Waals surface area contributed by atoms with Gasteiger partial charge in [-0.15, -0.1) is 0 Å². The predicted molar refractivity (Wildman–Crippen MR) is 110 cm³/mol. The third-order valence-electron chi connectivity index (χ3n) is 3.94. The largest absolute Gasteiger partial charge is 0.497 e. The second kappa shape index (κ2) is 10.2. The summed E-state index contributed by atoms with van der Waals surface area (Å²) in [5.41, 5.74) is 0.993. The van der Waals surface area contributed by atoms with Crippen LogP contribution in [-0.2, 0) is 16.3 Å². The molecular formula is C19H24ClN3O3S. The monoisotopic (exact) mass is 409 g/mol. The molecule has 2 rings (SSSR count). The molecule has 0 saturated heterocycles. The highest BCUT2D eigenvalue weighted by atomic mass is 35.5. The van der Waals surface area contributed by atoms with Crippen LogP contribution in [0.25, 0.3) is 0 Å². The fourth-order valence-electron chi connectivity index (χ4n) is 2.44. The first kappa shape index (κ1) is 21.1. The lowest BCUT2D eigenvalue weighted by Crippen LogP contribution is -2.40. The van der Waals surface area contributed by atoms with Crippen LogP contribution in [0.15, 0.2) is 58.4 Å². The number of benzene rings is 2. The molecule has 8 heteroatoms. The number of halogens is 1. The van der Waals surface area contributed by atoms with E-state index in [-0.39, 0.29) is 12.3 Å². The number of rotatable bonds is 8. The van der Waals surface area contributed by atoms with Gasteiger partial charge in [0.05, 0.1) is 17.8 Å². The third kappa shape index (κ3) is 6.45. The minimum Gasteiger partial charge on any atom is -0.497 e. The molecule has 2 N–H and O–H groups in total. The molecule has 0 aliphatic rings. The van der Waals surface area contributed by atoms with Crippen molar-refractivity contribution in [2.45, 2.75) is 11.3 Å². The maximum Gasteiger partial charge on any atom is 0.191 e. The Hall–Kier alpha value is -2.25. The second-order valence-corrected chi connectivity index (χ2v) is 8.28. The third-order valence-corrected chi connectivity index (χ3v) is 6.02. The summed E-state index contributed by atoms with van der Waals surface area (Å²) in [6, 6.07) is 14.0. The van der Waals surface area contributed by atoms with E-state index >= 15 is 0 Å². The van der Waals surface area contributed by atoms with Gasteiger partial charge in [0, 0.05) is 25.2 Å². The highest BCUT2D eigenvalue weighted by molar-refractivity contribution is 7.91. The number of sulfone groups is 1. The molecule has 0 heterocycles. The first-order chi connectivity index (χ1) is 13.0. The topological polar surface area (TPSA) is 79.8 Å². The van der Waals surface area contributed by atoms with Crippen molar-refractivity contribution in [1.29, 1.82) is 0 Å². The van der Waals surface area contributed by atoms with Crippen LogP contribution in [0, 0.1) is 0 Å². The van der Waals surface area contributed by atoms with Gasteiger partial charge in [0.1, 0.15) is 5.75 Å². The summed E-state index contributed by atoms with van der Waals surface area (Å²) >= 11 is 6.23. The Morgan fingerprint density at radius 3 is 2.44 bits per heavy atom. The molecule has 0 aliphatic heterocycles. The maximum atomic E-state index is 12.3. The summed E-state index contributed by atoms with van der Waals surface area (Å²) in [5.74, 6) is 1.25. The van der Waals surface area contributed by atoms with Crippen molar-refractivity contribution in [3.05, 3.63) is 59.1 Å². The van der Waals surface area contributed by atoms with Crippen molar-refractivity contribution in [2.24, 2.45) is 4.99 Å². The lowest BCUT2D eigenvalue weighted by molar-refractivity contribution is 0.414. The van der Waals surface area contributed by atoms with Crippen LogP contribution in [0.5, 0.6) is 5.75 Å². The van der Waals surface area contributed by atoms with Crippen LogP contribution in [0.4, 0.5) is 0 Å². The van der Waals surface area contributed by atoms with Crippen molar-refractivity contribution in [2.75, 3.05) is 33.0 Å². The van der Waals surface area contributed by atoms with Gasteiger partial charge in [-0.2, -0.15) is 0 Å². The Kier molecular flexibility index (Phi) is 7.94. The Bertz CT molecular complexity index is 871. The predicted octanol–water partition coefficient (Wildman–Crippen LogP) is 2.53. The van der Waals surface area contributed by atoms with Crippen LogP contribution in [0.1, 0.15) is 5.56 Å². The quantitative estimate of drug-likeness (QED) is 0.517. The van der Waals surface area contributed by atoms with Gasteiger partial charge in [-0.3, -0.25) is 4.99 Å². The van der Waals surface area contributed by atoms with Gasteiger partial charge in [0.25, 0.3) is 0 Å². The van der Waals surface area contributed by atoms with Gasteiger partial charge >= 0.3 is 0 Å². The number of nitrogens with one attached hydrogen (secondary N) is 2. The number of nitrogens with zero attached hydrogens (tertiary/aromatic N) is 1. The van der Waals surface area contributed by atoms with Gasteiger partial charge in [-0.1, -0.05) is 35.9 Å². The van der Waals surface area contributed by atoms with Gasteiger partial charge in [-0.05, 0) is 36.2 Å². The van der Waals surface area contributed by atoms with E-state index in [1.807, 2.05) is 12.1 Å². The van der Waals surface area contributed by atoms with Gasteiger partial charge in [0.2, 0.25) is 0 Å². The van der Waals surface area contributed by atoms with Gasteiger partial charge < -0.3 is 15.4 Å².